The number of hydrogen-bond acceptors (Lipinski definition) is 3. The molecule has 0 spiro atoms. The lowest BCUT2D eigenvalue weighted by atomic mass is 10.0. The standard InChI is InChI=1S/C15H29N3O2S/c1-7-15(11(2)3)17-21(19,20)14-8-13(9-16-6)18(10-14)12(4)5/h8,10-12,15-17H,7,9H2,1-6H3. The first-order chi connectivity index (χ1) is 9.72. The monoisotopic (exact) mass is 315 g/mol. The summed E-state index contributed by atoms with van der Waals surface area (Å²) in [6.45, 7) is 10.8. The van der Waals surface area contributed by atoms with Gasteiger partial charge in [-0.2, -0.15) is 0 Å². The Hall–Kier alpha value is -0.850. The first kappa shape index (κ1) is 18.2. The highest BCUT2D eigenvalue weighted by atomic mass is 32.2. The first-order valence-corrected chi connectivity index (χ1v) is 9.08. The molecule has 0 aliphatic carbocycles. The van der Waals surface area contributed by atoms with E-state index >= 15 is 0 Å². The molecule has 21 heavy (non-hydrogen) atoms. The first-order valence-electron chi connectivity index (χ1n) is 7.60. The normalized spacial score (nSPS) is 14.1. The number of nitrogens with one attached hydrogen (secondary N) is 2. The van der Waals surface area contributed by atoms with Crippen molar-refractivity contribution in [1.82, 2.24) is 14.6 Å². The van der Waals surface area contributed by atoms with Crippen molar-refractivity contribution < 1.29 is 8.42 Å². The molecule has 1 atom stereocenters. The van der Waals surface area contributed by atoms with E-state index in [0.717, 1.165) is 12.1 Å². The van der Waals surface area contributed by atoms with E-state index in [0.29, 0.717) is 11.4 Å². The van der Waals surface area contributed by atoms with Crippen molar-refractivity contribution in [2.24, 2.45) is 5.92 Å². The van der Waals surface area contributed by atoms with Crippen molar-refractivity contribution in [1.29, 1.82) is 0 Å². The lowest BCUT2D eigenvalue weighted by Gasteiger charge is -2.20. The molecule has 1 unspecified atom stereocenters. The molecule has 6 heteroatoms. The molecule has 0 saturated heterocycles. The van der Waals surface area contributed by atoms with Crippen LogP contribution in [0.2, 0.25) is 0 Å². The number of nitrogens with zero attached hydrogens (tertiary/aromatic N) is 1. The predicted molar refractivity (Wildman–Crippen MR) is 86.8 cm³/mol. The summed E-state index contributed by atoms with van der Waals surface area (Å²) in [6, 6.07) is 1.95. The van der Waals surface area contributed by atoms with Crippen LogP contribution in [0.5, 0.6) is 0 Å². The average molecular weight is 315 g/mol. The van der Waals surface area contributed by atoms with Crippen LogP contribution in [0.15, 0.2) is 17.2 Å². The molecule has 0 saturated carbocycles. The zero-order chi connectivity index (χ0) is 16.2. The van der Waals surface area contributed by atoms with Gasteiger partial charge < -0.3 is 9.88 Å². The molecule has 1 heterocycles. The minimum Gasteiger partial charge on any atom is -0.346 e. The lowest BCUT2D eigenvalue weighted by molar-refractivity contribution is 0.437. The van der Waals surface area contributed by atoms with Crippen LogP contribution in [0.25, 0.3) is 0 Å². The van der Waals surface area contributed by atoms with Gasteiger partial charge in [0.15, 0.2) is 0 Å². The van der Waals surface area contributed by atoms with Crippen molar-refractivity contribution in [3.63, 3.8) is 0 Å². The van der Waals surface area contributed by atoms with Crippen LogP contribution in [-0.2, 0) is 16.6 Å². The fourth-order valence-corrected chi connectivity index (χ4v) is 3.92. The molecule has 1 aromatic heterocycles. The van der Waals surface area contributed by atoms with Gasteiger partial charge >= 0.3 is 0 Å². The largest absolute Gasteiger partial charge is 0.346 e. The third kappa shape index (κ3) is 4.56. The summed E-state index contributed by atoms with van der Waals surface area (Å²) in [5.41, 5.74) is 0.977. The number of hydrogen-bond donors (Lipinski definition) is 2. The molecule has 0 aliphatic rings. The second-order valence-electron chi connectivity index (χ2n) is 6.08. The molecule has 0 aliphatic heterocycles. The van der Waals surface area contributed by atoms with Crippen molar-refractivity contribution >= 4 is 10.0 Å². The van der Waals surface area contributed by atoms with Gasteiger partial charge in [-0.25, -0.2) is 13.1 Å². The predicted octanol–water partition coefficient (Wildman–Crippen LogP) is 2.50. The average Bonchev–Trinajstić information content (AvgIpc) is 2.81. The van der Waals surface area contributed by atoms with Crippen LogP contribution in [-0.4, -0.2) is 26.1 Å². The van der Waals surface area contributed by atoms with E-state index in [9.17, 15) is 8.42 Å². The van der Waals surface area contributed by atoms with Gasteiger partial charge in [-0.05, 0) is 39.3 Å². The Kier molecular flexibility index (Phi) is 6.43. The zero-order valence-corrected chi connectivity index (χ0v) is 14.8. The second-order valence-corrected chi connectivity index (χ2v) is 7.79. The third-order valence-electron chi connectivity index (χ3n) is 3.68. The van der Waals surface area contributed by atoms with Crippen molar-refractivity contribution in [2.45, 2.75) is 64.6 Å². The minimum atomic E-state index is -3.47. The molecular weight excluding hydrogens is 286 g/mol. The van der Waals surface area contributed by atoms with E-state index in [-0.39, 0.29) is 18.0 Å². The molecule has 0 aromatic carbocycles. The summed E-state index contributed by atoms with van der Waals surface area (Å²) < 4.78 is 29.9. The molecule has 1 rings (SSSR count). The maximum atomic E-state index is 12.6. The molecule has 5 nitrogen and oxygen atoms in total. The quantitative estimate of drug-likeness (QED) is 0.775. The smallest absolute Gasteiger partial charge is 0.242 e. The Morgan fingerprint density at radius 2 is 1.86 bits per heavy atom. The van der Waals surface area contributed by atoms with E-state index < -0.39 is 10.0 Å². The van der Waals surface area contributed by atoms with Gasteiger partial charge in [-0.15, -0.1) is 0 Å². The molecule has 2 N–H and O–H groups in total. The summed E-state index contributed by atoms with van der Waals surface area (Å²) >= 11 is 0. The van der Waals surface area contributed by atoms with Gasteiger partial charge in [0, 0.05) is 30.5 Å². The van der Waals surface area contributed by atoms with Crippen LogP contribution in [0, 0.1) is 5.92 Å². The van der Waals surface area contributed by atoms with Gasteiger partial charge in [0.05, 0.1) is 4.90 Å². The van der Waals surface area contributed by atoms with Gasteiger partial charge in [0.2, 0.25) is 10.0 Å². The highest BCUT2D eigenvalue weighted by molar-refractivity contribution is 7.89. The topological polar surface area (TPSA) is 63.1 Å². The third-order valence-corrected chi connectivity index (χ3v) is 5.14. The van der Waals surface area contributed by atoms with E-state index in [1.54, 1.807) is 12.3 Å². The van der Waals surface area contributed by atoms with Gasteiger partial charge in [-0.3, -0.25) is 0 Å². The van der Waals surface area contributed by atoms with Crippen molar-refractivity contribution in [3.05, 3.63) is 18.0 Å². The minimum absolute atomic E-state index is 0.0369. The Morgan fingerprint density at radius 1 is 1.24 bits per heavy atom. The Labute approximate surface area is 129 Å². The summed E-state index contributed by atoms with van der Waals surface area (Å²) in [7, 11) is -1.61. The van der Waals surface area contributed by atoms with Crippen molar-refractivity contribution in [3.8, 4) is 0 Å². The molecule has 0 bridgehead atoms. The Morgan fingerprint density at radius 3 is 2.29 bits per heavy atom. The van der Waals surface area contributed by atoms with Gasteiger partial charge in [0.1, 0.15) is 0 Å². The van der Waals surface area contributed by atoms with Crippen LogP contribution in [0.4, 0.5) is 0 Å². The summed E-state index contributed by atoms with van der Waals surface area (Å²) in [5, 5.41) is 3.08. The highest BCUT2D eigenvalue weighted by Gasteiger charge is 2.23. The molecule has 0 radical (unpaired) electrons. The maximum absolute atomic E-state index is 12.6. The van der Waals surface area contributed by atoms with Crippen LogP contribution in [0.1, 0.15) is 52.8 Å². The highest BCUT2D eigenvalue weighted by Crippen LogP contribution is 2.20. The molecule has 0 fully saturated rings. The molecule has 122 valence electrons. The number of aromatic nitrogens is 1. The van der Waals surface area contributed by atoms with Crippen molar-refractivity contribution in [2.75, 3.05) is 7.05 Å². The molecular formula is C15H29N3O2S. The SMILES string of the molecule is CCC(NS(=O)(=O)c1cc(CNC)n(C(C)C)c1)C(C)C. The number of rotatable bonds is 8. The van der Waals surface area contributed by atoms with Crippen LogP contribution < -0.4 is 10.0 Å². The van der Waals surface area contributed by atoms with Crippen LogP contribution >= 0.6 is 0 Å². The zero-order valence-electron chi connectivity index (χ0n) is 14.0. The lowest BCUT2D eigenvalue weighted by Crippen LogP contribution is -2.37. The van der Waals surface area contributed by atoms with E-state index in [1.165, 1.54) is 0 Å². The van der Waals surface area contributed by atoms with Gasteiger partial charge in [-0.1, -0.05) is 20.8 Å². The molecule has 0 amide bonds. The summed E-state index contributed by atoms with van der Waals surface area (Å²) in [6.07, 6.45) is 2.51. The Bertz CT molecular complexity index is 547. The summed E-state index contributed by atoms with van der Waals surface area (Å²) in [4.78, 5) is 0.348. The number of sulfonamides is 1. The van der Waals surface area contributed by atoms with Crippen LogP contribution in [0.3, 0.4) is 0 Å². The second kappa shape index (κ2) is 7.42. The molecule has 1 aromatic rings. The van der Waals surface area contributed by atoms with E-state index in [2.05, 4.69) is 10.0 Å². The van der Waals surface area contributed by atoms with E-state index in [4.69, 9.17) is 0 Å². The maximum Gasteiger partial charge on any atom is 0.242 e. The van der Waals surface area contributed by atoms with Gasteiger partial charge in [0.25, 0.3) is 0 Å². The fraction of sp³-hybridized carbons (Fsp3) is 0.733. The van der Waals surface area contributed by atoms with E-state index in [1.807, 2.05) is 46.2 Å². The Balaban J connectivity index is 3.11. The fourth-order valence-electron chi connectivity index (χ4n) is 2.41. The summed E-state index contributed by atoms with van der Waals surface area (Å²) in [5.74, 6) is 0.272.